The third-order valence-electron chi connectivity index (χ3n) is 7.10. The van der Waals surface area contributed by atoms with Gasteiger partial charge in [-0.1, -0.05) is 58.9 Å². The second-order valence-corrected chi connectivity index (χ2v) is 10.4. The molecule has 0 aromatic heterocycles. The van der Waals surface area contributed by atoms with E-state index in [-0.39, 0.29) is 17.7 Å². The number of carbonyl (C=O) groups excluding carboxylic acids is 3. The SMILES string of the molecule is CCCCC(CC)CC(=O)c1cc[c-]cc1.CCCOC(CC)CCC(=O)c1ccc(OC(=O)c2cc[c-]cc2)cc1.[O]=[Co]. The molecule has 2 atom stereocenters. The number of Topliss-reactive ketones (excluding diaryl/α,β-unsaturated/α-hetero) is 2. The number of hydrogen-bond donors (Lipinski definition) is 0. The Morgan fingerprint density at radius 3 is 1.80 bits per heavy atom. The van der Waals surface area contributed by atoms with Crippen LogP contribution >= 0.6 is 0 Å². The summed E-state index contributed by atoms with van der Waals surface area (Å²) in [4.78, 5) is 36.3. The van der Waals surface area contributed by atoms with Gasteiger partial charge in [0.1, 0.15) is 11.5 Å². The summed E-state index contributed by atoms with van der Waals surface area (Å²) in [5, 5.41) is 0. The summed E-state index contributed by atoms with van der Waals surface area (Å²) < 4.78 is 19.0. The van der Waals surface area contributed by atoms with Crippen LogP contribution in [0, 0.1) is 18.1 Å². The molecular formula is C37H46CoO6-2. The van der Waals surface area contributed by atoms with E-state index in [1.165, 1.54) is 19.3 Å². The molecule has 3 aromatic carbocycles. The molecule has 2 unspecified atom stereocenters. The third-order valence-corrected chi connectivity index (χ3v) is 7.10. The zero-order valence-corrected chi connectivity index (χ0v) is 27.5. The fraction of sp³-hybridized carbons (Fsp3) is 0.432. The Bertz CT molecular complexity index is 1200. The molecule has 7 heteroatoms. The van der Waals surface area contributed by atoms with Crippen molar-refractivity contribution in [3.63, 3.8) is 0 Å². The summed E-state index contributed by atoms with van der Waals surface area (Å²) in [7, 11) is 0. The molecular weight excluding hydrogens is 599 g/mol. The Morgan fingerprint density at radius 1 is 0.705 bits per heavy atom. The summed E-state index contributed by atoms with van der Waals surface area (Å²) in [5.41, 5.74) is 1.90. The van der Waals surface area contributed by atoms with Gasteiger partial charge in [0.05, 0.1) is 6.10 Å². The molecule has 0 saturated carbocycles. The van der Waals surface area contributed by atoms with E-state index in [9.17, 15) is 14.4 Å². The van der Waals surface area contributed by atoms with Crippen LogP contribution in [0.4, 0.5) is 0 Å². The molecule has 3 aromatic rings. The van der Waals surface area contributed by atoms with Gasteiger partial charge in [0.15, 0.2) is 5.78 Å². The number of esters is 1. The van der Waals surface area contributed by atoms with Crippen molar-refractivity contribution in [1.82, 2.24) is 0 Å². The van der Waals surface area contributed by atoms with Gasteiger partial charge in [-0.3, -0.25) is 9.59 Å². The van der Waals surface area contributed by atoms with Gasteiger partial charge in [0, 0.05) is 25.0 Å². The van der Waals surface area contributed by atoms with Crippen molar-refractivity contribution in [2.75, 3.05) is 6.61 Å². The molecule has 6 nitrogen and oxygen atoms in total. The minimum atomic E-state index is -0.433. The van der Waals surface area contributed by atoms with E-state index in [2.05, 4.69) is 55.5 Å². The standard InChI is InChI=1S/C22H25O4.C15H21O.Co.O/c1-3-16-25-19(4-2)14-15-21(23)17-10-12-20(13-11-17)26-22(24)18-8-6-5-7-9-18;1-3-5-9-13(4-2)12-15(16)14-10-7-6-8-11-14;;/h6-13,19H,3-4,14-16H2,1-2H3;7-8,10-11,13H,3-5,9,12H2,1-2H3;;/q2*-1;;. The average Bonchev–Trinajstić information content (AvgIpc) is 3.08. The number of benzene rings is 3. The van der Waals surface area contributed by atoms with Gasteiger partial charge in [0.2, 0.25) is 0 Å². The van der Waals surface area contributed by atoms with Crippen LogP contribution in [0.2, 0.25) is 0 Å². The summed E-state index contributed by atoms with van der Waals surface area (Å²) >= 11 is 2.31. The molecule has 44 heavy (non-hydrogen) atoms. The normalized spacial score (nSPS) is 11.6. The van der Waals surface area contributed by atoms with E-state index in [0.29, 0.717) is 35.6 Å². The van der Waals surface area contributed by atoms with E-state index in [1.54, 1.807) is 60.7 Å². The van der Waals surface area contributed by atoms with Crippen LogP contribution in [0.15, 0.2) is 72.8 Å². The molecule has 0 aliphatic heterocycles. The van der Waals surface area contributed by atoms with Crippen molar-refractivity contribution >= 4 is 17.5 Å². The first-order valence-corrected chi connectivity index (χ1v) is 15.9. The second-order valence-electron chi connectivity index (χ2n) is 10.4. The summed E-state index contributed by atoms with van der Waals surface area (Å²) in [6, 6.07) is 26.4. The van der Waals surface area contributed by atoms with Crippen molar-refractivity contribution in [3.05, 3.63) is 102 Å². The van der Waals surface area contributed by atoms with Gasteiger partial charge in [-0.25, -0.2) is 4.79 Å². The third kappa shape index (κ3) is 15.5. The van der Waals surface area contributed by atoms with Crippen LogP contribution in [-0.4, -0.2) is 30.2 Å². The van der Waals surface area contributed by atoms with Gasteiger partial charge >= 0.3 is 25.5 Å². The van der Waals surface area contributed by atoms with E-state index in [0.717, 1.165) is 37.9 Å². The van der Waals surface area contributed by atoms with Crippen LogP contribution in [-0.2, 0) is 24.3 Å². The molecule has 0 amide bonds. The van der Waals surface area contributed by atoms with Crippen LogP contribution in [0.25, 0.3) is 0 Å². The fourth-order valence-electron chi connectivity index (χ4n) is 4.42. The summed E-state index contributed by atoms with van der Waals surface area (Å²) in [6.07, 6.45) is 8.59. The molecule has 0 spiro atoms. The van der Waals surface area contributed by atoms with Crippen LogP contribution < -0.4 is 4.74 Å². The Hall–Kier alpha value is -3.26. The van der Waals surface area contributed by atoms with Gasteiger partial charge in [-0.05, 0) is 55.0 Å². The first-order chi connectivity index (χ1) is 21.4. The Balaban J connectivity index is 0.000000461. The van der Waals surface area contributed by atoms with Crippen LogP contribution in [0.3, 0.4) is 0 Å². The Morgan fingerprint density at radius 2 is 1.27 bits per heavy atom. The van der Waals surface area contributed by atoms with Crippen molar-refractivity contribution in [3.8, 4) is 5.75 Å². The molecule has 0 N–H and O–H groups in total. The molecule has 241 valence electrons. The van der Waals surface area contributed by atoms with Crippen LogP contribution in [0.1, 0.15) is 117 Å². The van der Waals surface area contributed by atoms with E-state index in [1.807, 2.05) is 12.1 Å². The molecule has 0 radical (unpaired) electrons. The first kappa shape index (κ1) is 38.8. The predicted molar refractivity (Wildman–Crippen MR) is 169 cm³/mol. The number of ether oxygens (including phenoxy) is 2. The number of carbonyl (C=O) groups is 3. The van der Waals surface area contributed by atoms with E-state index < -0.39 is 5.97 Å². The number of hydrogen-bond acceptors (Lipinski definition) is 6. The zero-order valence-electron chi connectivity index (χ0n) is 26.4. The van der Waals surface area contributed by atoms with Crippen molar-refractivity contribution < 1.29 is 43.4 Å². The number of unbranched alkanes of at least 4 members (excludes halogenated alkanes) is 1. The maximum absolute atomic E-state index is 12.3. The second kappa shape index (κ2) is 24.1. The van der Waals surface area contributed by atoms with Crippen molar-refractivity contribution in [1.29, 1.82) is 0 Å². The molecule has 0 heterocycles. The van der Waals surface area contributed by atoms with Gasteiger partial charge in [-0.2, -0.15) is 60.7 Å². The van der Waals surface area contributed by atoms with E-state index in [4.69, 9.17) is 13.3 Å². The summed E-state index contributed by atoms with van der Waals surface area (Å²) in [6.45, 7) is 9.24. The van der Waals surface area contributed by atoms with Gasteiger partial charge in [-0.15, -0.1) is 0 Å². The van der Waals surface area contributed by atoms with Crippen molar-refractivity contribution in [2.24, 2.45) is 5.92 Å². The first-order valence-electron chi connectivity index (χ1n) is 15.5. The van der Waals surface area contributed by atoms with Gasteiger partial charge in [0.25, 0.3) is 0 Å². The monoisotopic (exact) mass is 645 g/mol. The Labute approximate surface area is 271 Å². The fourth-order valence-corrected chi connectivity index (χ4v) is 4.42. The van der Waals surface area contributed by atoms with E-state index >= 15 is 0 Å². The molecule has 0 aliphatic carbocycles. The predicted octanol–water partition coefficient (Wildman–Crippen LogP) is 9.03. The van der Waals surface area contributed by atoms with Crippen molar-refractivity contribution in [2.45, 2.75) is 91.6 Å². The quantitative estimate of drug-likeness (QED) is 0.0630. The average molecular weight is 646 g/mol. The minimum absolute atomic E-state index is 0.0695. The molecule has 0 fully saturated rings. The molecule has 3 rings (SSSR count). The molecule has 0 bridgehead atoms. The molecule has 0 saturated heterocycles. The number of rotatable bonds is 17. The zero-order chi connectivity index (χ0) is 32.6. The number of ketones is 2. The maximum atomic E-state index is 12.3. The summed E-state index contributed by atoms with van der Waals surface area (Å²) in [5.74, 6) is 0.877. The van der Waals surface area contributed by atoms with Gasteiger partial charge < -0.3 is 9.47 Å². The Kier molecular flexibility index (Phi) is 21.2. The van der Waals surface area contributed by atoms with Crippen LogP contribution in [0.5, 0.6) is 5.75 Å². The topological polar surface area (TPSA) is 86.7 Å². The molecule has 0 aliphatic rings.